The van der Waals surface area contributed by atoms with Gasteiger partial charge in [0.15, 0.2) is 0 Å². The van der Waals surface area contributed by atoms with Gasteiger partial charge >= 0.3 is 0 Å². The van der Waals surface area contributed by atoms with Crippen LogP contribution < -0.4 is 0 Å². The van der Waals surface area contributed by atoms with Gasteiger partial charge in [-0.15, -0.1) is 0 Å². The van der Waals surface area contributed by atoms with Gasteiger partial charge in [-0.1, -0.05) is 109 Å². The van der Waals surface area contributed by atoms with E-state index in [9.17, 15) is 0 Å². The summed E-state index contributed by atoms with van der Waals surface area (Å²) in [5.74, 6) is 6.32. The van der Waals surface area contributed by atoms with E-state index >= 15 is 0 Å². The smallest absolute Gasteiger partial charge is 0.0405 e. The van der Waals surface area contributed by atoms with Gasteiger partial charge in [0.25, 0.3) is 0 Å². The summed E-state index contributed by atoms with van der Waals surface area (Å²) in [6.45, 7) is 3.73. The molecule has 0 heteroatoms. The summed E-state index contributed by atoms with van der Waals surface area (Å²) in [5, 5.41) is 0. The van der Waals surface area contributed by atoms with E-state index in [0.717, 1.165) is 27.8 Å². The lowest BCUT2D eigenvalue weighted by atomic mass is 9.90. The molecule has 0 amide bonds. The molecule has 24 heavy (non-hydrogen) atoms. The first-order valence-electron chi connectivity index (χ1n) is 7.93. The molecule has 0 saturated heterocycles. The summed E-state index contributed by atoms with van der Waals surface area (Å²) in [4.78, 5) is 0. The molecule has 0 aromatic heterocycles. The molecule has 0 heterocycles. The lowest BCUT2D eigenvalue weighted by Crippen LogP contribution is -1.94. The van der Waals surface area contributed by atoms with Gasteiger partial charge < -0.3 is 0 Å². The van der Waals surface area contributed by atoms with Gasteiger partial charge in [-0.25, -0.2) is 0 Å². The molecule has 114 valence electrons. The molecule has 0 fully saturated rings. The molecule has 0 unspecified atom stereocenters. The lowest BCUT2D eigenvalue weighted by Gasteiger charge is -2.13. The first-order chi connectivity index (χ1) is 11.9. The van der Waals surface area contributed by atoms with E-state index in [4.69, 9.17) is 0 Å². The van der Waals surface area contributed by atoms with Crippen molar-refractivity contribution in [1.29, 1.82) is 0 Å². The van der Waals surface area contributed by atoms with Gasteiger partial charge in [0, 0.05) is 11.1 Å². The van der Waals surface area contributed by atoms with E-state index in [1.54, 1.807) is 6.08 Å². The second-order valence-electron chi connectivity index (χ2n) is 5.32. The van der Waals surface area contributed by atoms with E-state index in [0.29, 0.717) is 0 Å². The highest BCUT2D eigenvalue weighted by molar-refractivity contribution is 6.04. The van der Waals surface area contributed by atoms with Crippen molar-refractivity contribution >= 4 is 11.1 Å². The highest BCUT2D eigenvalue weighted by Gasteiger charge is 2.12. The Morgan fingerprint density at radius 1 is 0.625 bits per heavy atom. The zero-order chi connectivity index (χ0) is 16.6. The monoisotopic (exact) mass is 306 g/mol. The Labute approximate surface area is 143 Å². The maximum atomic E-state index is 3.73. The van der Waals surface area contributed by atoms with Crippen molar-refractivity contribution in [3.8, 4) is 11.8 Å². The van der Waals surface area contributed by atoms with Crippen molar-refractivity contribution in [3.63, 3.8) is 0 Å². The maximum Gasteiger partial charge on any atom is 0.0405 e. The molecule has 0 aliphatic carbocycles. The van der Waals surface area contributed by atoms with E-state index in [-0.39, 0.29) is 0 Å². The molecule has 0 spiro atoms. The molecule has 0 atom stereocenters. The fourth-order valence-corrected chi connectivity index (χ4v) is 2.67. The van der Waals surface area contributed by atoms with Crippen LogP contribution in [0.25, 0.3) is 11.1 Å². The number of hydrogen-bond donors (Lipinski definition) is 0. The van der Waals surface area contributed by atoms with Crippen LogP contribution in [-0.4, -0.2) is 0 Å². The Bertz CT molecular complexity index is 848. The van der Waals surface area contributed by atoms with Gasteiger partial charge in [-0.05, 0) is 22.8 Å². The Balaban J connectivity index is 2.34. The summed E-state index contributed by atoms with van der Waals surface area (Å²) in [6, 6.07) is 31.1. The molecule has 3 aromatic carbocycles. The van der Waals surface area contributed by atoms with Gasteiger partial charge in [-0.3, -0.25) is 0 Å². The predicted molar refractivity (Wildman–Crippen MR) is 103 cm³/mol. The molecule has 0 radical (unpaired) electrons. The Kier molecular flexibility index (Phi) is 5.07. The molecule has 0 N–H and O–H groups in total. The molecule has 0 aliphatic heterocycles. The van der Waals surface area contributed by atoms with E-state index in [2.05, 4.69) is 79.1 Å². The Hall–Kier alpha value is -3.30. The standard InChI is InChI=1S/C24H18/c1-2-3-19-23(20-13-7-4-8-14-20)24(21-15-9-5-10-16-21)22-17-11-6-12-18-22/h2,4-18H,1H2. The van der Waals surface area contributed by atoms with E-state index in [1.165, 1.54) is 0 Å². The summed E-state index contributed by atoms with van der Waals surface area (Å²) in [5.41, 5.74) is 5.56. The largest absolute Gasteiger partial charge is 0.0906 e. The van der Waals surface area contributed by atoms with Crippen LogP contribution in [0.3, 0.4) is 0 Å². The molecule has 3 rings (SSSR count). The van der Waals surface area contributed by atoms with Gasteiger partial charge in [0.05, 0.1) is 0 Å². The first-order valence-corrected chi connectivity index (χ1v) is 7.93. The van der Waals surface area contributed by atoms with Crippen molar-refractivity contribution in [2.75, 3.05) is 0 Å². The Morgan fingerprint density at radius 3 is 1.46 bits per heavy atom. The van der Waals surface area contributed by atoms with Crippen LogP contribution in [0, 0.1) is 11.8 Å². The molecular weight excluding hydrogens is 288 g/mol. The highest BCUT2D eigenvalue weighted by atomic mass is 14.1. The van der Waals surface area contributed by atoms with Crippen molar-refractivity contribution in [3.05, 3.63) is 120 Å². The van der Waals surface area contributed by atoms with Gasteiger partial charge in [-0.2, -0.15) is 0 Å². The molecule has 3 aromatic rings. The van der Waals surface area contributed by atoms with Gasteiger partial charge in [0.2, 0.25) is 0 Å². The van der Waals surface area contributed by atoms with E-state index in [1.807, 2.05) is 30.3 Å². The zero-order valence-corrected chi connectivity index (χ0v) is 13.4. The second kappa shape index (κ2) is 7.81. The summed E-state index contributed by atoms with van der Waals surface area (Å²) >= 11 is 0. The topological polar surface area (TPSA) is 0 Å². The summed E-state index contributed by atoms with van der Waals surface area (Å²) < 4.78 is 0. The van der Waals surface area contributed by atoms with Gasteiger partial charge in [0.1, 0.15) is 0 Å². The van der Waals surface area contributed by atoms with Crippen LogP contribution in [0.4, 0.5) is 0 Å². The average molecular weight is 306 g/mol. The maximum absolute atomic E-state index is 3.73. The quantitative estimate of drug-likeness (QED) is 0.421. The fraction of sp³-hybridized carbons (Fsp3) is 0. The predicted octanol–water partition coefficient (Wildman–Crippen LogP) is 5.84. The minimum absolute atomic E-state index is 1.01. The third-order valence-corrected chi connectivity index (χ3v) is 3.74. The number of hydrogen-bond acceptors (Lipinski definition) is 0. The zero-order valence-electron chi connectivity index (χ0n) is 13.4. The summed E-state index contributed by atoms with van der Waals surface area (Å²) in [7, 11) is 0. The van der Waals surface area contributed by atoms with Crippen LogP contribution in [0.1, 0.15) is 16.7 Å². The molecule has 0 bridgehead atoms. The normalized spacial score (nSPS) is 9.50. The van der Waals surface area contributed by atoms with E-state index < -0.39 is 0 Å². The minimum atomic E-state index is 1.01. The van der Waals surface area contributed by atoms with Crippen LogP contribution in [0.15, 0.2) is 104 Å². The molecule has 0 nitrogen and oxygen atoms in total. The number of rotatable bonds is 3. The van der Waals surface area contributed by atoms with Crippen molar-refractivity contribution < 1.29 is 0 Å². The van der Waals surface area contributed by atoms with Crippen LogP contribution >= 0.6 is 0 Å². The molecule has 0 aliphatic rings. The van der Waals surface area contributed by atoms with Crippen LogP contribution in [-0.2, 0) is 0 Å². The van der Waals surface area contributed by atoms with Crippen molar-refractivity contribution in [1.82, 2.24) is 0 Å². The second-order valence-corrected chi connectivity index (χ2v) is 5.32. The number of benzene rings is 3. The minimum Gasteiger partial charge on any atom is -0.0906 e. The lowest BCUT2D eigenvalue weighted by molar-refractivity contribution is 1.54. The first kappa shape index (κ1) is 15.6. The number of allylic oxidation sites excluding steroid dienone is 2. The highest BCUT2D eigenvalue weighted by Crippen LogP contribution is 2.31. The van der Waals surface area contributed by atoms with Crippen molar-refractivity contribution in [2.45, 2.75) is 0 Å². The average Bonchev–Trinajstić information content (AvgIpc) is 2.67. The molecular formula is C24H18. The van der Waals surface area contributed by atoms with Crippen LogP contribution in [0.5, 0.6) is 0 Å². The SMILES string of the molecule is C=CC#CC(=C(c1ccccc1)c1ccccc1)c1ccccc1. The van der Waals surface area contributed by atoms with Crippen molar-refractivity contribution in [2.24, 2.45) is 0 Å². The third kappa shape index (κ3) is 3.54. The molecule has 0 saturated carbocycles. The summed E-state index contributed by atoms with van der Waals surface area (Å²) in [6.07, 6.45) is 1.64. The van der Waals surface area contributed by atoms with Crippen LogP contribution in [0.2, 0.25) is 0 Å². The third-order valence-electron chi connectivity index (χ3n) is 3.74. The Morgan fingerprint density at radius 2 is 1.04 bits per heavy atom. The fourth-order valence-electron chi connectivity index (χ4n) is 2.67.